The van der Waals surface area contributed by atoms with Crippen LogP contribution in [-0.4, -0.2) is 21.6 Å². The third-order valence-corrected chi connectivity index (χ3v) is 4.88. The molecular formula is C17H15Cl2N3OS. The molecule has 0 unspecified atom stereocenters. The number of aromatic amines is 1. The van der Waals surface area contributed by atoms with Crippen molar-refractivity contribution >= 4 is 51.9 Å². The highest BCUT2D eigenvalue weighted by atomic mass is 35.5. The summed E-state index contributed by atoms with van der Waals surface area (Å²) in [5.41, 5.74) is 2.48. The third-order valence-electron chi connectivity index (χ3n) is 3.50. The number of H-pyrrole nitrogens is 1. The van der Waals surface area contributed by atoms with Crippen molar-refractivity contribution in [1.82, 2.24) is 15.3 Å². The molecular weight excluding hydrogens is 365 g/mol. The van der Waals surface area contributed by atoms with E-state index in [1.165, 1.54) is 11.8 Å². The Balaban J connectivity index is 1.61. The highest BCUT2D eigenvalue weighted by Gasteiger charge is 2.12. The first-order valence-electron chi connectivity index (χ1n) is 7.35. The molecule has 3 aromatic rings. The van der Waals surface area contributed by atoms with Crippen molar-refractivity contribution < 1.29 is 4.79 Å². The van der Waals surface area contributed by atoms with E-state index in [9.17, 15) is 4.79 Å². The molecule has 7 heteroatoms. The Morgan fingerprint density at radius 3 is 2.79 bits per heavy atom. The van der Waals surface area contributed by atoms with Gasteiger partial charge < -0.3 is 10.3 Å². The number of thioether (sulfide) groups is 1. The van der Waals surface area contributed by atoms with Gasteiger partial charge in [0, 0.05) is 5.02 Å². The molecule has 0 saturated carbocycles. The van der Waals surface area contributed by atoms with Gasteiger partial charge >= 0.3 is 0 Å². The van der Waals surface area contributed by atoms with Crippen LogP contribution in [0, 0.1) is 0 Å². The number of aromatic nitrogens is 2. The van der Waals surface area contributed by atoms with Gasteiger partial charge in [-0.1, -0.05) is 65.3 Å². The monoisotopic (exact) mass is 379 g/mol. The van der Waals surface area contributed by atoms with E-state index < -0.39 is 0 Å². The van der Waals surface area contributed by atoms with Crippen LogP contribution in [0.1, 0.15) is 18.5 Å². The summed E-state index contributed by atoms with van der Waals surface area (Å²) < 4.78 is 0. The molecule has 24 heavy (non-hydrogen) atoms. The van der Waals surface area contributed by atoms with Crippen LogP contribution in [0.25, 0.3) is 11.0 Å². The van der Waals surface area contributed by atoms with Crippen LogP contribution in [0.4, 0.5) is 0 Å². The Morgan fingerprint density at radius 2 is 2.04 bits per heavy atom. The average molecular weight is 380 g/mol. The predicted octanol–water partition coefficient (Wildman–Crippen LogP) is 4.84. The second-order valence-corrected chi connectivity index (χ2v) is 7.12. The lowest BCUT2D eigenvalue weighted by molar-refractivity contribution is -0.119. The van der Waals surface area contributed by atoms with Crippen molar-refractivity contribution in [2.75, 3.05) is 5.75 Å². The molecule has 0 spiro atoms. The topological polar surface area (TPSA) is 57.8 Å². The Bertz CT molecular complexity index is 867. The zero-order valence-corrected chi connectivity index (χ0v) is 15.2. The molecule has 0 fully saturated rings. The number of carbonyl (C=O) groups excluding carboxylic acids is 1. The number of halogens is 2. The van der Waals surface area contributed by atoms with Crippen LogP contribution in [0.15, 0.2) is 47.6 Å². The summed E-state index contributed by atoms with van der Waals surface area (Å²) in [5, 5.41) is 4.64. The van der Waals surface area contributed by atoms with Crippen LogP contribution in [0.5, 0.6) is 0 Å². The molecule has 1 aromatic heterocycles. The van der Waals surface area contributed by atoms with E-state index in [1.54, 1.807) is 12.1 Å². The normalized spacial score (nSPS) is 12.3. The zero-order chi connectivity index (χ0) is 17.1. The van der Waals surface area contributed by atoms with Crippen LogP contribution >= 0.6 is 35.0 Å². The highest BCUT2D eigenvalue weighted by molar-refractivity contribution is 7.99. The summed E-state index contributed by atoms with van der Waals surface area (Å²) in [5.74, 6) is 0.212. The highest BCUT2D eigenvalue weighted by Crippen LogP contribution is 2.28. The SMILES string of the molecule is C[C@@H](NC(=O)CSc1nc2c(Cl)cc(Cl)cc2[nH]1)c1ccccc1. The summed E-state index contributed by atoms with van der Waals surface area (Å²) in [7, 11) is 0. The molecule has 3 rings (SSSR count). The number of imidazole rings is 1. The Hall–Kier alpha value is -1.69. The lowest BCUT2D eigenvalue weighted by Crippen LogP contribution is -2.28. The van der Waals surface area contributed by atoms with E-state index >= 15 is 0 Å². The fraction of sp³-hybridized carbons (Fsp3) is 0.176. The zero-order valence-electron chi connectivity index (χ0n) is 12.8. The fourth-order valence-corrected chi connectivity index (χ4v) is 3.55. The van der Waals surface area contributed by atoms with Gasteiger partial charge in [0.15, 0.2) is 5.16 Å². The van der Waals surface area contributed by atoms with Crippen molar-refractivity contribution in [1.29, 1.82) is 0 Å². The van der Waals surface area contributed by atoms with Crippen LogP contribution in [0.3, 0.4) is 0 Å². The molecule has 0 aliphatic rings. The molecule has 124 valence electrons. The van der Waals surface area contributed by atoms with Crippen molar-refractivity contribution in [3.05, 3.63) is 58.1 Å². The molecule has 2 N–H and O–H groups in total. The number of nitrogens with one attached hydrogen (secondary N) is 2. The fourth-order valence-electron chi connectivity index (χ4n) is 2.33. The van der Waals surface area contributed by atoms with Gasteiger partial charge in [-0.05, 0) is 24.6 Å². The first-order valence-corrected chi connectivity index (χ1v) is 9.09. The smallest absolute Gasteiger partial charge is 0.230 e. The average Bonchev–Trinajstić information content (AvgIpc) is 2.97. The maximum atomic E-state index is 12.1. The number of fused-ring (bicyclic) bond motifs is 1. The van der Waals surface area contributed by atoms with E-state index in [-0.39, 0.29) is 17.7 Å². The van der Waals surface area contributed by atoms with Gasteiger partial charge in [0.2, 0.25) is 5.91 Å². The minimum absolute atomic E-state index is 0.0387. The number of hydrogen-bond donors (Lipinski definition) is 2. The summed E-state index contributed by atoms with van der Waals surface area (Å²) in [6.07, 6.45) is 0. The molecule has 0 bridgehead atoms. The summed E-state index contributed by atoms with van der Waals surface area (Å²) in [6.45, 7) is 1.96. The van der Waals surface area contributed by atoms with Crippen molar-refractivity contribution in [3.8, 4) is 0 Å². The van der Waals surface area contributed by atoms with Crippen molar-refractivity contribution in [2.24, 2.45) is 0 Å². The summed E-state index contributed by atoms with van der Waals surface area (Å²) >= 11 is 13.4. The number of benzene rings is 2. The van der Waals surface area contributed by atoms with Gasteiger partial charge in [-0.3, -0.25) is 4.79 Å². The second kappa shape index (κ2) is 7.47. The molecule has 1 amide bonds. The van der Waals surface area contributed by atoms with Crippen molar-refractivity contribution in [3.63, 3.8) is 0 Å². The number of nitrogens with zero attached hydrogens (tertiary/aromatic N) is 1. The van der Waals surface area contributed by atoms with E-state index in [1.807, 2.05) is 37.3 Å². The second-order valence-electron chi connectivity index (χ2n) is 5.31. The van der Waals surface area contributed by atoms with Crippen molar-refractivity contribution in [2.45, 2.75) is 18.1 Å². The van der Waals surface area contributed by atoms with Gasteiger partial charge in [0.25, 0.3) is 0 Å². The minimum Gasteiger partial charge on any atom is -0.349 e. The first-order chi connectivity index (χ1) is 11.5. The molecule has 1 atom stereocenters. The lowest BCUT2D eigenvalue weighted by Gasteiger charge is -2.13. The van der Waals surface area contributed by atoms with Gasteiger partial charge in [0.05, 0.1) is 22.3 Å². The lowest BCUT2D eigenvalue weighted by atomic mass is 10.1. The van der Waals surface area contributed by atoms with E-state index in [4.69, 9.17) is 23.2 Å². The van der Waals surface area contributed by atoms with Gasteiger partial charge in [-0.2, -0.15) is 0 Å². The number of rotatable bonds is 5. The molecule has 4 nitrogen and oxygen atoms in total. The van der Waals surface area contributed by atoms with E-state index in [0.29, 0.717) is 20.7 Å². The van der Waals surface area contributed by atoms with E-state index in [2.05, 4.69) is 15.3 Å². The van der Waals surface area contributed by atoms with Gasteiger partial charge in [0.1, 0.15) is 5.52 Å². The molecule has 1 heterocycles. The molecule has 0 saturated heterocycles. The Kier molecular flexibility index (Phi) is 5.33. The molecule has 0 aliphatic carbocycles. The maximum Gasteiger partial charge on any atom is 0.230 e. The predicted molar refractivity (Wildman–Crippen MR) is 99.8 cm³/mol. The molecule has 2 aromatic carbocycles. The standard InChI is InChI=1S/C17H15Cl2N3OS/c1-10(11-5-3-2-4-6-11)20-15(23)9-24-17-21-14-8-12(18)7-13(19)16(14)22-17/h2-8,10H,9H2,1H3,(H,20,23)(H,21,22)/t10-/m1/s1. The van der Waals surface area contributed by atoms with Gasteiger partial charge in [-0.15, -0.1) is 0 Å². The van der Waals surface area contributed by atoms with E-state index in [0.717, 1.165) is 11.1 Å². The summed E-state index contributed by atoms with van der Waals surface area (Å²) in [6, 6.07) is 13.2. The van der Waals surface area contributed by atoms with Crippen LogP contribution < -0.4 is 5.32 Å². The molecule has 0 aliphatic heterocycles. The largest absolute Gasteiger partial charge is 0.349 e. The van der Waals surface area contributed by atoms with Crippen LogP contribution in [0.2, 0.25) is 10.0 Å². The number of hydrogen-bond acceptors (Lipinski definition) is 3. The number of amides is 1. The first kappa shape index (κ1) is 17.1. The quantitative estimate of drug-likeness (QED) is 0.623. The van der Waals surface area contributed by atoms with Gasteiger partial charge in [-0.25, -0.2) is 4.98 Å². The third kappa shape index (κ3) is 4.04. The Labute approximate surface area is 153 Å². The minimum atomic E-state index is -0.0547. The maximum absolute atomic E-state index is 12.1. The number of carbonyl (C=O) groups is 1. The molecule has 0 radical (unpaired) electrons. The van der Waals surface area contributed by atoms with Crippen LogP contribution in [-0.2, 0) is 4.79 Å². The Morgan fingerprint density at radius 1 is 1.29 bits per heavy atom. The summed E-state index contributed by atoms with van der Waals surface area (Å²) in [4.78, 5) is 19.6.